The zero-order valence-electron chi connectivity index (χ0n) is 23.0. The second-order valence-corrected chi connectivity index (χ2v) is 13.6. The van der Waals surface area contributed by atoms with Crippen molar-refractivity contribution >= 4 is 54.4 Å². The molecule has 0 aliphatic carbocycles. The van der Waals surface area contributed by atoms with Gasteiger partial charge in [-0.2, -0.15) is 15.0 Å². The van der Waals surface area contributed by atoms with E-state index in [1.807, 2.05) is 55.5 Å². The summed E-state index contributed by atoms with van der Waals surface area (Å²) in [5.41, 5.74) is 2.26. The van der Waals surface area contributed by atoms with Crippen molar-refractivity contribution in [2.45, 2.75) is 29.7 Å². The molecule has 0 fully saturated rings. The van der Waals surface area contributed by atoms with Crippen LogP contribution in [-0.2, 0) is 15.6 Å². The molecule has 10 heteroatoms. The van der Waals surface area contributed by atoms with Crippen molar-refractivity contribution < 1.29 is 13.2 Å². The van der Waals surface area contributed by atoms with Gasteiger partial charge in [0, 0.05) is 45.4 Å². The van der Waals surface area contributed by atoms with Crippen LogP contribution in [0.5, 0.6) is 0 Å². The molecule has 0 amide bonds. The van der Waals surface area contributed by atoms with Crippen molar-refractivity contribution in [1.29, 1.82) is 0 Å². The maximum atomic E-state index is 13.9. The lowest BCUT2D eigenvalue weighted by Crippen LogP contribution is -2.41. The number of Topliss-reactive ketones (excluding diaryl/α,β-unsaturated/α-hetero) is 1. The van der Waals surface area contributed by atoms with E-state index >= 15 is 0 Å². The van der Waals surface area contributed by atoms with Crippen LogP contribution in [0.15, 0.2) is 131 Å². The number of fused-ring (bicyclic) bond motifs is 1. The van der Waals surface area contributed by atoms with Crippen molar-refractivity contribution in [2.75, 3.05) is 0 Å². The van der Waals surface area contributed by atoms with Crippen molar-refractivity contribution in [3.05, 3.63) is 148 Å². The largest absolute Gasteiger partial charge is 0.294 e. The summed E-state index contributed by atoms with van der Waals surface area (Å²) in [6, 6.07) is 32.1. The molecule has 2 heterocycles. The molecule has 6 aromatic rings. The van der Waals surface area contributed by atoms with E-state index in [9.17, 15) is 13.2 Å². The van der Waals surface area contributed by atoms with E-state index in [0.717, 1.165) is 10.0 Å². The first-order chi connectivity index (χ1) is 20.7. The molecule has 4 aromatic carbocycles. The molecule has 0 saturated carbocycles. The summed E-state index contributed by atoms with van der Waals surface area (Å²) >= 11 is 9.75. The third-order valence-corrected chi connectivity index (χ3v) is 10.2. The van der Waals surface area contributed by atoms with Gasteiger partial charge in [0.05, 0.1) is 4.90 Å². The van der Waals surface area contributed by atoms with Crippen molar-refractivity contribution in [3.63, 3.8) is 0 Å². The summed E-state index contributed by atoms with van der Waals surface area (Å²) in [4.78, 5) is 15.7. The molecule has 7 nitrogen and oxygen atoms in total. The summed E-state index contributed by atoms with van der Waals surface area (Å²) < 4.78 is 29.2. The minimum Gasteiger partial charge on any atom is -0.294 e. The molecule has 0 aliphatic heterocycles. The van der Waals surface area contributed by atoms with Gasteiger partial charge in [0.25, 0.3) is 10.0 Å². The number of nitrogens with zero attached hydrogens (tertiary/aromatic N) is 4. The highest BCUT2D eigenvalue weighted by Crippen LogP contribution is 2.43. The molecule has 0 radical (unpaired) electrons. The maximum Gasteiger partial charge on any atom is 0.267 e. The van der Waals surface area contributed by atoms with Gasteiger partial charge in [-0.3, -0.25) is 4.79 Å². The fourth-order valence-electron chi connectivity index (χ4n) is 5.36. The quantitative estimate of drug-likeness (QED) is 0.147. The molecule has 0 aliphatic rings. The number of rotatable bonds is 9. The van der Waals surface area contributed by atoms with Gasteiger partial charge in [0.15, 0.2) is 5.78 Å². The average molecular weight is 674 g/mol. The lowest BCUT2D eigenvalue weighted by Gasteiger charge is -2.37. The molecule has 2 atom stereocenters. The zero-order chi connectivity index (χ0) is 30.2. The Morgan fingerprint density at radius 2 is 1.53 bits per heavy atom. The van der Waals surface area contributed by atoms with Gasteiger partial charge in [-0.25, -0.2) is 12.4 Å². The second kappa shape index (κ2) is 11.6. The number of benzene rings is 4. The molecule has 0 saturated heterocycles. The van der Waals surface area contributed by atoms with Crippen LogP contribution in [0.3, 0.4) is 0 Å². The van der Waals surface area contributed by atoms with Crippen LogP contribution in [-0.4, -0.2) is 33.2 Å². The summed E-state index contributed by atoms with van der Waals surface area (Å²) in [6.45, 7) is 1.94. The van der Waals surface area contributed by atoms with Crippen molar-refractivity contribution in [1.82, 2.24) is 19.0 Å². The predicted molar refractivity (Wildman–Crippen MR) is 171 cm³/mol. The van der Waals surface area contributed by atoms with E-state index in [-0.39, 0.29) is 17.1 Å². The van der Waals surface area contributed by atoms with Gasteiger partial charge in [-0.15, -0.1) is 0 Å². The first kappa shape index (κ1) is 29.0. The molecular formula is C33H26BrClN4O3S. The van der Waals surface area contributed by atoms with Crippen molar-refractivity contribution in [3.8, 4) is 0 Å². The summed E-state index contributed by atoms with van der Waals surface area (Å²) in [5, 5.41) is 10.3. The standard InChI is InChI=1S/C33H26BrClN4O3S/c1-33(39-36-30-12-5-6-13-31(30)37-39,25-18-19-38(22-25)43(41,42)28-10-3-2-4-11-28)29(23-14-16-27(35)17-15-23)21-32(40)24-8-7-9-26(34)20-24/h2-20,22,29H,21H2,1H3. The Balaban J connectivity index is 1.55. The van der Waals surface area contributed by atoms with Gasteiger partial charge >= 0.3 is 0 Å². The highest BCUT2D eigenvalue weighted by atomic mass is 79.9. The van der Waals surface area contributed by atoms with Crippen LogP contribution in [0.2, 0.25) is 5.02 Å². The zero-order valence-corrected chi connectivity index (χ0v) is 26.2. The second-order valence-electron chi connectivity index (χ2n) is 10.4. The molecule has 216 valence electrons. The summed E-state index contributed by atoms with van der Waals surface area (Å²) in [5.74, 6) is -0.603. The lowest BCUT2D eigenvalue weighted by molar-refractivity contribution is 0.0947. The first-order valence-corrected chi connectivity index (χ1v) is 16.1. The van der Waals surface area contributed by atoms with Gasteiger partial charge in [0.2, 0.25) is 0 Å². The molecule has 43 heavy (non-hydrogen) atoms. The minimum absolute atomic E-state index is 0.0828. The van der Waals surface area contributed by atoms with Crippen LogP contribution in [0.4, 0.5) is 0 Å². The van der Waals surface area contributed by atoms with Crippen molar-refractivity contribution in [2.24, 2.45) is 0 Å². The smallest absolute Gasteiger partial charge is 0.267 e. The molecule has 2 unspecified atom stereocenters. The van der Waals surface area contributed by atoms with E-state index in [4.69, 9.17) is 21.8 Å². The Morgan fingerprint density at radius 3 is 2.19 bits per heavy atom. The summed E-state index contributed by atoms with van der Waals surface area (Å²) in [6.07, 6.45) is 3.19. The Hall–Kier alpha value is -4.05. The number of carbonyl (C=O) groups is 1. The Morgan fingerprint density at radius 1 is 0.884 bits per heavy atom. The van der Waals surface area contributed by atoms with Crippen LogP contribution < -0.4 is 0 Å². The first-order valence-electron chi connectivity index (χ1n) is 13.5. The SMILES string of the molecule is CC(c1ccn(S(=O)(=O)c2ccccc2)c1)(C(CC(=O)c1cccc(Br)c1)c1ccc(Cl)cc1)n1nc2ccccc2n1. The lowest BCUT2D eigenvalue weighted by atomic mass is 9.74. The molecule has 0 N–H and O–H groups in total. The van der Waals surface area contributed by atoms with Gasteiger partial charge < -0.3 is 0 Å². The Bertz CT molecular complexity index is 2010. The number of hydrogen-bond donors (Lipinski definition) is 0. The molecule has 0 bridgehead atoms. The molecule has 0 spiro atoms. The van der Waals surface area contributed by atoms with Crippen LogP contribution in [0.1, 0.15) is 40.7 Å². The van der Waals surface area contributed by atoms with E-state index < -0.39 is 21.5 Å². The summed E-state index contributed by atoms with van der Waals surface area (Å²) in [7, 11) is -3.87. The fourth-order valence-corrected chi connectivity index (χ4v) is 7.11. The minimum atomic E-state index is -3.87. The van der Waals surface area contributed by atoms with E-state index in [2.05, 4.69) is 15.9 Å². The van der Waals surface area contributed by atoms with E-state index in [0.29, 0.717) is 27.2 Å². The third kappa shape index (κ3) is 5.56. The average Bonchev–Trinajstić information content (AvgIpc) is 3.70. The Kier molecular flexibility index (Phi) is 7.81. The maximum absolute atomic E-state index is 13.9. The molecule has 2 aromatic heterocycles. The fraction of sp³-hybridized carbons (Fsp3) is 0.121. The highest BCUT2D eigenvalue weighted by Gasteiger charge is 2.43. The van der Waals surface area contributed by atoms with Gasteiger partial charge in [-0.1, -0.05) is 82.1 Å². The normalized spacial score (nSPS) is 13.9. The molecular weight excluding hydrogens is 648 g/mol. The number of halogens is 2. The van der Waals surface area contributed by atoms with E-state index in [1.165, 1.54) is 10.2 Å². The van der Waals surface area contributed by atoms with Gasteiger partial charge in [-0.05, 0) is 67.1 Å². The third-order valence-electron chi connectivity index (χ3n) is 7.76. The monoisotopic (exact) mass is 672 g/mol. The highest BCUT2D eigenvalue weighted by molar-refractivity contribution is 9.10. The number of aromatic nitrogens is 4. The van der Waals surface area contributed by atoms with Crippen LogP contribution >= 0.6 is 27.5 Å². The van der Waals surface area contributed by atoms with Crippen LogP contribution in [0.25, 0.3) is 11.0 Å². The molecule has 6 rings (SSSR count). The van der Waals surface area contributed by atoms with Crippen LogP contribution in [0, 0.1) is 0 Å². The topological polar surface area (TPSA) is 86.9 Å². The Labute approximate surface area is 262 Å². The number of carbonyl (C=O) groups excluding carboxylic acids is 1. The number of ketones is 1. The van der Waals surface area contributed by atoms with Gasteiger partial charge in [0.1, 0.15) is 16.6 Å². The van der Waals surface area contributed by atoms with E-state index in [1.54, 1.807) is 71.7 Å². The number of hydrogen-bond acceptors (Lipinski definition) is 5. The predicted octanol–water partition coefficient (Wildman–Crippen LogP) is 7.71.